The molecule has 0 aliphatic carbocycles. The Balaban J connectivity index is 1.55. The van der Waals surface area contributed by atoms with Crippen LogP contribution in [0.25, 0.3) is 22.1 Å². The summed E-state index contributed by atoms with van der Waals surface area (Å²) in [6, 6.07) is 14.9. The summed E-state index contributed by atoms with van der Waals surface area (Å²) in [5.74, 6) is 1.36. The number of carbonyl (C=O) groups is 1. The van der Waals surface area contributed by atoms with Crippen LogP contribution in [-0.2, 0) is 0 Å². The van der Waals surface area contributed by atoms with Gasteiger partial charge in [-0.05, 0) is 38.1 Å². The van der Waals surface area contributed by atoms with E-state index in [0.29, 0.717) is 23.7 Å². The van der Waals surface area contributed by atoms with Crippen molar-refractivity contribution in [1.29, 1.82) is 0 Å². The molecule has 0 spiro atoms. The molecule has 0 unspecified atom stereocenters. The van der Waals surface area contributed by atoms with Gasteiger partial charge in [-0.25, -0.2) is 9.78 Å². The molecule has 0 aliphatic heterocycles. The number of carbonyl (C=O) groups excluding carboxylic acids is 1. The molecule has 0 fully saturated rings. The SMILES string of the molecule is CCN(C(=O)Nc1ccc2nc(C)oc2c1)[C@@H](C)c1cc2ccccc2o1. The number of anilines is 1. The summed E-state index contributed by atoms with van der Waals surface area (Å²) in [7, 11) is 0. The van der Waals surface area contributed by atoms with Gasteiger partial charge >= 0.3 is 6.03 Å². The minimum atomic E-state index is -0.196. The lowest BCUT2D eigenvalue weighted by atomic mass is 10.2. The van der Waals surface area contributed by atoms with Gasteiger partial charge in [0.2, 0.25) is 0 Å². The first-order chi connectivity index (χ1) is 13.0. The summed E-state index contributed by atoms with van der Waals surface area (Å²) in [6.07, 6.45) is 0. The number of aromatic nitrogens is 1. The molecule has 2 amide bonds. The van der Waals surface area contributed by atoms with Gasteiger partial charge in [-0.15, -0.1) is 0 Å². The van der Waals surface area contributed by atoms with Crippen molar-refractivity contribution in [1.82, 2.24) is 9.88 Å². The molecule has 4 rings (SSSR count). The number of rotatable bonds is 4. The molecule has 2 aromatic carbocycles. The van der Waals surface area contributed by atoms with Crippen LogP contribution in [0, 0.1) is 6.92 Å². The molecule has 0 bridgehead atoms. The second-order valence-electron chi connectivity index (χ2n) is 6.49. The van der Waals surface area contributed by atoms with Crippen LogP contribution in [0.1, 0.15) is 31.5 Å². The average Bonchev–Trinajstić information content (AvgIpc) is 3.24. The lowest BCUT2D eigenvalue weighted by Crippen LogP contribution is -2.36. The van der Waals surface area contributed by atoms with Gasteiger partial charge in [0.25, 0.3) is 0 Å². The molecule has 27 heavy (non-hydrogen) atoms. The van der Waals surface area contributed by atoms with Gasteiger partial charge in [0, 0.05) is 30.6 Å². The molecule has 138 valence electrons. The number of fused-ring (bicyclic) bond motifs is 2. The first kappa shape index (κ1) is 17.1. The maximum absolute atomic E-state index is 12.8. The van der Waals surface area contributed by atoms with Gasteiger partial charge in [0.05, 0.1) is 6.04 Å². The van der Waals surface area contributed by atoms with Gasteiger partial charge in [-0.1, -0.05) is 18.2 Å². The van der Waals surface area contributed by atoms with Crippen LogP contribution in [0.2, 0.25) is 0 Å². The fourth-order valence-electron chi connectivity index (χ4n) is 3.27. The Morgan fingerprint density at radius 1 is 1.15 bits per heavy atom. The van der Waals surface area contributed by atoms with Crippen molar-refractivity contribution in [2.75, 3.05) is 11.9 Å². The van der Waals surface area contributed by atoms with Crippen molar-refractivity contribution >= 4 is 33.8 Å². The zero-order valence-corrected chi connectivity index (χ0v) is 15.5. The molecule has 1 atom stereocenters. The van der Waals surface area contributed by atoms with E-state index in [9.17, 15) is 4.79 Å². The van der Waals surface area contributed by atoms with Gasteiger partial charge in [0.1, 0.15) is 16.9 Å². The van der Waals surface area contributed by atoms with Crippen molar-refractivity contribution in [2.24, 2.45) is 0 Å². The summed E-state index contributed by atoms with van der Waals surface area (Å²) in [4.78, 5) is 18.8. The zero-order valence-electron chi connectivity index (χ0n) is 15.5. The average molecular weight is 363 g/mol. The molecule has 6 heteroatoms. The Morgan fingerprint density at radius 2 is 1.96 bits per heavy atom. The Hall–Kier alpha value is -3.28. The standard InChI is InChI=1S/C21H21N3O3/c1-4-24(13(2)19-11-15-7-5-6-8-18(15)27-19)21(25)23-16-9-10-17-20(12-16)26-14(3)22-17/h5-13H,4H2,1-3H3,(H,23,25)/t13-/m0/s1. The van der Waals surface area contributed by atoms with E-state index >= 15 is 0 Å². The first-order valence-corrected chi connectivity index (χ1v) is 8.98. The number of para-hydroxylation sites is 1. The molecular weight excluding hydrogens is 342 g/mol. The number of benzene rings is 2. The molecule has 1 N–H and O–H groups in total. The number of amides is 2. The van der Waals surface area contributed by atoms with Crippen LogP contribution < -0.4 is 5.32 Å². The molecule has 4 aromatic rings. The van der Waals surface area contributed by atoms with Gasteiger partial charge in [-0.3, -0.25) is 0 Å². The Morgan fingerprint density at radius 3 is 2.74 bits per heavy atom. The predicted octanol–water partition coefficient (Wildman–Crippen LogP) is 5.50. The molecule has 2 aromatic heterocycles. The minimum absolute atomic E-state index is 0.193. The largest absolute Gasteiger partial charge is 0.459 e. The number of urea groups is 1. The van der Waals surface area contributed by atoms with E-state index in [4.69, 9.17) is 8.83 Å². The number of aryl methyl sites for hydroxylation is 1. The van der Waals surface area contributed by atoms with E-state index in [-0.39, 0.29) is 12.1 Å². The Labute approximate surface area is 156 Å². The van der Waals surface area contributed by atoms with Crippen molar-refractivity contribution in [3.8, 4) is 0 Å². The monoisotopic (exact) mass is 363 g/mol. The fraction of sp³-hybridized carbons (Fsp3) is 0.238. The zero-order chi connectivity index (χ0) is 19.0. The van der Waals surface area contributed by atoms with Crippen LogP contribution in [0.5, 0.6) is 0 Å². The molecule has 0 radical (unpaired) electrons. The van der Waals surface area contributed by atoms with Crippen LogP contribution in [0.15, 0.2) is 57.4 Å². The number of hydrogen-bond donors (Lipinski definition) is 1. The van der Waals surface area contributed by atoms with E-state index in [2.05, 4.69) is 10.3 Å². The second-order valence-corrected chi connectivity index (χ2v) is 6.49. The number of nitrogens with one attached hydrogen (secondary N) is 1. The van der Waals surface area contributed by atoms with Crippen molar-refractivity contribution < 1.29 is 13.6 Å². The lowest BCUT2D eigenvalue weighted by molar-refractivity contribution is 0.189. The first-order valence-electron chi connectivity index (χ1n) is 8.98. The third kappa shape index (κ3) is 3.26. The van der Waals surface area contributed by atoms with Crippen molar-refractivity contribution in [3.63, 3.8) is 0 Å². The molecule has 0 saturated carbocycles. The highest BCUT2D eigenvalue weighted by Crippen LogP contribution is 2.28. The summed E-state index contributed by atoms with van der Waals surface area (Å²) >= 11 is 0. The highest BCUT2D eigenvalue weighted by Gasteiger charge is 2.23. The summed E-state index contributed by atoms with van der Waals surface area (Å²) < 4.78 is 11.5. The number of furan rings is 1. The maximum atomic E-state index is 12.8. The number of hydrogen-bond acceptors (Lipinski definition) is 4. The van der Waals surface area contributed by atoms with Crippen LogP contribution in [-0.4, -0.2) is 22.5 Å². The van der Waals surface area contributed by atoms with E-state index in [1.54, 1.807) is 17.9 Å². The normalized spacial score (nSPS) is 12.4. The summed E-state index contributed by atoms with van der Waals surface area (Å²) in [5.41, 5.74) is 2.91. The number of nitrogens with zero attached hydrogens (tertiary/aromatic N) is 2. The fourth-order valence-corrected chi connectivity index (χ4v) is 3.27. The number of oxazole rings is 1. The van der Waals surface area contributed by atoms with Crippen molar-refractivity contribution in [2.45, 2.75) is 26.8 Å². The predicted molar refractivity (Wildman–Crippen MR) is 105 cm³/mol. The maximum Gasteiger partial charge on any atom is 0.322 e. The highest BCUT2D eigenvalue weighted by molar-refractivity contribution is 5.92. The molecule has 6 nitrogen and oxygen atoms in total. The van der Waals surface area contributed by atoms with Gasteiger partial charge < -0.3 is 19.1 Å². The third-order valence-electron chi connectivity index (χ3n) is 4.67. The third-order valence-corrected chi connectivity index (χ3v) is 4.67. The van der Waals surface area contributed by atoms with Crippen LogP contribution in [0.3, 0.4) is 0 Å². The summed E-state index contributed by atoms with van der Waals surface area (Å²) in [6.45, 7) is 6.26. The topological polar surface area (TPSA) is 71.5 Å². The second kappa shape index (κ2) is 6.79. The van der Waals surface area contributed by atoms with E-state index in [1.165, 1.54) is 0 Å². The van der Waals surface area contributed by atoms with Crippen molar-refractivity contribution in [3.05, 3.63) is 60.2 Å². The van der Waals surface area contributed by atoms with Gasteiger partial charge in [0.15, 0.2) is 11.5 Å². The quantitative estimate of drug-likeness (QED) is 0.520. The highest BCUT2D eigenvalue weighted by atomic mass is 16.3. The minimum Gasteiger partial charge on any atom is -0.459 e. The van der Waals surface area contributed by atoms with E-state index in [0.717, 1.165) is 22.2 Å². The summed E-state index contributed by atoms with van der Waals surface area (Å²) in [5, 5.41) is 3.97. The van der Waals surface area contributed by atoms with E-state index in [1.807, 2.05) is 56.3 Å². The van der Waals surface area contributed by atoms with E-state index < -0.39 is 0 Å². The van der Waals surface area contributed by atoms with Crippen LogP contribution in [0.4, 0.5) is 10.5 Å². The molecule has 2 heterocycles. The molecule has 0 aliphatic rings. The van der Waals surface area contributed by atoms with Crippen LogP contribution >= 0.6 is 0 Å². The van der Waals surface area contributed by atoms with Gasteiger partial charge in [-0.2, -0.15) is 0 Å². The Bertz CT molecular complexity index is 1080. The molecular formula is C21H21N3O3. The smallest absolute Gasteiger partial charge is 0.322 e. The lowest BCUT2D eigenvalue weighted by Gasteiger charge is -2.26. The molecule has 0 saturated heterocycles. The Kier molecular flexibility index (Phi) is 4.32.